The number of nitrogens with one attached hydrogen (secondary N) is 1. The van der Waals surface area contributed by atoms with Crippen LogP contribution in [-0.4, -0.2) is 35.8 Å². The molecule has 19 heavy (non-hydrogen) atoms. The van der Waals surface area contributed by atoms with Crippen molar-refractivity contribution in [3.8, 4) is 5.75 Å². The Morgan fingerprint density at radius 3 is 3.05 bits per heavy atom. The number of rotatable bonds is 6. The number of carbonyl (C=O) groups is 1. The van der Waals surface area contributed by atoms with E-state index in [0.717, 1.165) is 16.7 Å². The zero-order valence-electron chi connectivity index (χ0n) is 10.7. The van der Waals surface area contributed by atoms with E-state index >= 15 is 0 Å². The van der Waals surface area contributed by atoms with E-state index < -0.39 is 12.0 Å². The highest BCUT2D eigenvalue weighted by atomic mass is 16.5. The molecule has 1 atom stereocenters. The van der Waals surface area contributed by atoms with Crippen molar-refractivity contribution in [2.45, 2.75) is 12.5 Å². The number of aliphatic carboxylic acids is 1. The summed E-state index contributed by atoms with van der Waals surface area (Å²) in [7, 11) is 1.63. The van der Waals surface area contributed by atoms with E-state index in [1.165, 1.54) is 0 Å². The van der Waals surface area contributed by atoms with Gasteiger partial charge in [-0.25, -0.2) is 0 Å². The zero-order chi connectivity index (χ0) is 13.7. The van der Waals surface area contributed by atoms with Gasteiger partial charge in [0, 0.05) is 18.0 Å². The summed E-state index contributed by atoms with van der Waals surface area (Å²) in [5.74, 6) is -0.144. The minimum atomic E-state index is -0.867. The minimum absolute atomic E-state index is 0.351. The van der Waals surface area contributed by atoms with Gasteiger partial charge in [-0.3, -0.25) is 9.78 Å². The number of nitrogens with zero attached hydrogens (tertiary/aromatic N) is 1. The Labute approximate surface area is 111 Å². The van der Waals surface area contributed by atoms with Gasteiger partial charge in [-0.2, -0.15) is 0 Å². The first-order valence-electron chi connectivity index (χ1n) is 6.08. The Morgan fingerprint density at radius 2 is 2.32 bits per heavy atom. The summed E-state index contributed by atoms with van der Waals surface area (Å²) in [5.41, 5.74) is 0.911. The highest BCUT2D eigenvalue weighted by Crippen LogP contribution is 2.19. The number of benzene rings is 1. The number of carboxylic acids is 1. The summed E-state index contributed by atoms with van der Waals surface area (Å²) >= 11 is 0. The third-order valence-corrected chi connectivity index (χ3v) is 2.90. The van der Waals surface area contributed by atoms with E-state index in [1.54, 1.807) is 13.2 Å². The lowest BCUT2D eigenvalue weighted by atomic mass is 10.2. The zero-order valence-corrected chi connectivity index (χ0v) is 10.7. The molecule has 1 unspecified atom stereocenters. The predicted molar refractivity (Wildman–Crippen MR) is 72.3 cm³/mol. The first-order valence-corrected chi connectivity index (χ1v) is 6.08. The number of fused-ring (bicyclic) bond motifs is 1. The molecule has 1 aromatic heterocycles. The summed E-state index contributed by atoms with van der Waals surface area (Å²) in [6.45, 7) is 0.351. The van der Waals surface area contributed by atoms with Crippen LogP contribution >= 0.6 is 0 Å². The molecule has 0 bridgehead atoms. The van der Waals surface area contributed by atoms with Crippen LogP contribution in [0.1, 0.15) is 6.42 Å². The summed E-state index contributed by atoms with van der Waals surface area (Å²) < 4.78 is 5.57. The minimum Gasteiger partial charge on any atom is -0.493 e. The average Bonchev–Trinajstić information content (AvgIpc) is 2.43. The first-order chi connectivity index (χ1) is 9.20. The van der Waals surface area contributed by atoms with Crippen molar-refractivity contribution in [1.82, 2.24) is 10.3 Å². The molecule has 0 spiro atoms. The maximum atomic E-state index is 10.8. The molecule has 0 aliphatic heterocycles. The van der Waals surface area contributed by atoms with Crippen LogP contribution in [0.5, 0.6) is 5.75 Å². The molecule has 2 aromatic rings. The second kappa shape index (κ2) is 6.15. The van der Waals surface area contributed by atoms with Crippen LogP contribution in [0.2, 0.25) is 0 Å². The van der Waals surface area contributed by atoms with Gasteiger partial charge in [-0.1, -0.05) is 6.07 Å². The number of hydrogen-bond acceptors (Lipinski definition) is 4. The van der Waals surface area contributed by atoms with Crippen LogP contribution in [0.3, 0.4) is 0 Å². The van der Waals surface area contributed by atoms with Crippen LogP contribution < -0.4 is 10.1 Å². The molecule has 5 heteroatoms. The lowest BCUT2D eigenvalue weighted by Gasteiger charge is -2.12. The van der Waals surface area contributed by atoms with Gasteiger partial charge in [0.2, 0.25) is 0 Å². The lowest BCUT2D eigenvalue weighted by molar-refractivity contribution is -0.139. The van der Waals surface area contributed by atoms with Crippen molar-refractivity contribution in [1.29, 1.82) is 0 Å². The maximum Gasteiger partial charge on any atom is 0.320 e. The molecule has 2 rings (SSSR count). The van der Waals surface area contributed by atoms with Gasteiger partial charge in [0.25, 0.3) is 0 Å². The fourth-order valence-electron chi connectivity index (χ4n) is 1.83. The SMILES string of the molecule is CNC(CCOc1ccc2ncccc2c1)C(=O)O. The van der Waals surface area contributed by atoms with Crippen LogP contribution in [0, 0.1) is 0 Å². The van der Waals surface area contributed by atoms with Crippen molar-refractivity contribution in [2.75, 3.05) is 13.7 Å². The summed E-state index contributed by atoms with van der Waals surface area (Å²) in [6.07, 6.45) is 2.16. The van der Waals surface area contributed by atoms with Crippen molar-refractivity contribution in [3.63, 3.8) is 0 Å². The Morgan fingerprint density at radius 1 is 1.47 bits per heavy atom. The van der Waals surface area contributed by atoms with Gasteiger partial charge >= 0.3 is 5.97 Å². The summed E-state index contributed by atoms with van der Waals surface area (Å²) in [6, 6.07) is 8.87. The predicted octanol–water partition coefficient (Wildman–Crippen LogP) is 1.68. The normalized spacial score (nSPS) is 12.3. The van der Waals surface area contributed by atoms with Crippen LogP contribution in [0.25, 0.3) is 10.9 Å². The van der Waals surface area contributed by atoms with Gasteiger partial charge in [0.05, 0.1) is 12.1 Å². The molecule has 5 nitrogen and oxygen atoms in total. The first kappa shape index (κ1) is 13.3. The number of ether oxygens (including phenoxy) is 1. The molecule has 2 N–H and O–H groups in total. The van der Waals surface area contributed by atoms with Gasteiger partial charge in [-0.05, 0) is 31.3 Å². The lowest BCUT2D eigenvalue weighted by Crippen LogP contribution is -2.35. The van der Waals surface area contributed by atoms with Gasteiger partial charge in [-0.15, -0.1) is 0 Å². The number of carboxylic acid groups (broad SMARTS) is 1. The molecule has 0 aliphatic rings. The van der Waals surface area contributed by atoms with E-state index in [-0.39, 0.29) is 0 Å². The van der Waals surface area contributed by atoms with Crippen LogP contribution in [0.4, 0.5) is 0 Å². The average molecular weight is 260 g/mol. The van der Waals surface area contributed by atoms with E-state index in [2.05, 4.69) is 10.3 Å². The molecular weight excluding hydrogens is 244 g/mol. The van der Waals surface area contributed by atoms with Crippen molar-refractivity contribution in [3.05, 3.63) is 36.5 Å². The van der Waals surface area contributed by atoms with Crippen molar-refractivity contribution in [2.24, 2.45) is 0 Å². The highest BCUT2D eigenvalue weighted by molar-refractivity contribution is 5.79. The Balaban J connectivity index is 1.96. The third kappa shape index (κ3) is 3.42. The van der Waals surface area contributed by atoms with Gasteiger partial charge < -0.3 is 15.2 Å². The van der Waals surface area contributed by atoms with Gasteiger partial charge in [0.1, 0.15) is 11.8 Å². The Hall–Kier alpha value is -2.14. The monoisotopic (exact) mass is 260 g/mol. The van der Waals surface area contributed by atoms with E-state index in [1.807, 2.05) is 30.3 Å². The molecule has 0 saturated carbocycles. The molecule has 0 saturated heterocycles. The topological polar surface area (TPSA) is 71.5 Å². The number of hydrogen-bond donors (Lipinski definition) is 2. The van der Waals surface area contributed by atoms with E-state index in [4.69, 9.17) is 9.84 Å². The third-order valence-electron chi connectivity index (χ3n) is 2.90. The summed E-state index contributed by atoms with van der Waals surface area (Å²) in [5, 5.41) is 12.6. The van der Waals surface area contributed by atoms with Gasteiger partial charge in [0.15, 0.2) is 0 Å². The molecular formula is C14H16N2O3. The second-order valence-corrected chi connectivity index (χ2v) is 4.17. The number of pyridine rings is 1. The Bertz CT molecular complexity index is 571. The van der Waals surface area contributed by atoms with Crippen molar-refractivity contribution < 1.29 is 14.6 Å². The standard InChI is InChI=1S/C14H16N2O3/c1-15-13(14(17)18)6-8-19-11-4-5-12-10(9-11)3-2-7-16-12/h2-5,7,9,13,15H,6,8H2,1H3,(H,17,18). The quantitative estimate of drug-likeness (QED) is 0.826. The largest absolute Gasteiger partial charge is 0.493 e. The second-order valence-electron chi connectivity index (χ2n) is 4.17. The number of likely N-dealkylation sites (N-methyl/N-ethyl adjacent to an activating group) is 1. The fraction of sp³-hybridized carbons (Fsp3) is 0.286. The number of aromatic nitrogens is 1. The maximum absolute atomic E-state index is 10.8. The summed E-state index contributed by atoms with van der Waals surface area (Å²) in [4.78, 5) is 15.0. The molecule has 100 valence electrons. The van der Waals surface area contributed by atoms with E-state index in [0.29, 0.717) is 13.0 Å². The fourth-order valence-corrected chi connectivity index (χ4v) is 1.83. The molecule has 0 amide bonds. The van der Waals surface area contributed by atoms with E-state index in [9.17, 15) is 4.79 Å². The highest BCUT2D eigenvalue weighted by Gasteiger charge is 2.14. The molecule has 0 fully saturated rings. The van der Waals surface area contributed by atoms with Crippen molar-refractivity contribution >= 4 is 16.9 Å². The smallest absolute Gasteiger partial charge is 0.320 e. The van der Waals surface area contributed by atoms with Crippen LogP contribution in [0.15, 0.2) is 36.5 Å². The molecule has 1 aromatic carbocycles. The molecule has 0 aliphatic carbocycles. The molecule has 0 radical (unpaired) electrons. The molecule has 1 heterocycles. The van der Waals surface area contributed by atoms with Crippen LogP contribution in [-0.2, 0) is 4.79 Å². The Kier molecular flexibility index (Phi) is 4.30.